The fourth-order valence-corrected chi connectivity index (χ4v) is 4.53. The lowest BCUT2D eigenvalue weighted by Crippen LogP contribution is -2.58. The van der Waals surface area contributed by atoms with Gasteiger partial charge in [0, 0.05) is 11.8 Å². The van der Waals surface area contributed by atoms with Crippen molar-refractivity contribution in [2.24, 2.45) is 11.3 Å². The van der Waals surface area contributed by atoms with Crippen LogP contribution in [-0.4, -0.2) is 17.5 Å². The smallest absolute Gasteiger partial charge is 0.168 e. The lowest BCUT2D eigenvalue weighted by atomic mass is 9.64. The number of ketones is 1. The minimum absolute atomic E-state index is 0.132. The quantitative estimate of drug-likeness (QED) is 0.702. The van der Waals surface area contributed by atoms with Crippen molar-refractivity contribution in [2.45, 2.75) is 77.9 Å². The zero-order valence-electron chi connectivity index (χ0n) is 12.7. The summed E-state index contributed by atoms with van der Waals surface area (Å²) in [6.45, 7) is 9.02. The Labute approximate surface area is 116 Å². The Morgan fingerprint density at radius 2 is 1.89 bits per heavy atom. The van der Waals surface area contributed by atoms with Gasteiger partial charge in [-0.25, -0.2) is 0 Å². The Kier molecular flexibility index (Phi) is 2.94. The first-order valence-electron chi connectivity index (χ1n) is 7.82. The molecule has 19 heavy (non-hydrogen) atoms. The van der Waals surface area contributed by atoms with Crippen LogP contribution in [0.3, 0.4) is 0 Å². The predicted octanol–water partition coefficient (Wildman–Crippen LogP) is 4.04. The van der Waals surface area contributed by atoms with Gasteiger partial charge in [-0.05, 0) is 43.6 Å². The van der Waals surface area contributed by atoms with Crippen molar-refractivity contribution < 1.29 is 9.53 Å². The van der Waals surface area contributed by atoms with E-state index in [1.807, 2.05) is 0 Å². The third-order valence-electron chi connectivity index (χ3n) is 5.41. The van der Waals surface area contributed by atoms with Gasteiger partial charge in [0.05, 0.1) is 6.10 Å². The molecule has 0 aromatic rings. The molecule has 2 atom stereocenters. The summed E-state index contributed by atoms with van der Waals surface area (Å²) < 4.78 is 6.45. The van der Waals surface area contributed by atoms with Crippen LogP contribution in [0.5, 0.6) is 0 Å². The van der Waals surface area contributed by atoms with Crippen molar-refractivity contribution in [3.63, 3.8) is 0 Å². The SMILES string of the molecule is CC(C)C[C@@]12O[C@@H](CCC1=O)C(C)(C)C1=C2CCC1. The molecular formula is C17H26O2. The summed E-state index contributed by atoms with van der Waals surface area (Å²) >= 11 is 0. The van der Waals surface area contributed by atoms with Crippen LogP contribution >= 0.6 is 0 Å². The Bertz CT molecular complexity index is 444. The molecule has 0 N–H and O–H groups in total. The van der Waals surface area contributed by atoms with Crippen molar-refractivity contribution in [1.29, 1.82) is 0 Å². The average Bonchev–Trinajstić information content (AvgIpc) is 2.80. The van der Waals surface area contributed by atoms with E-state index < -0.39 is 5.60 Å². The van der Waals surface area contributed by atoms with Gasteiger partial charge >= 0.3 is 0 Å². The minimum Gasteiger partial charge on any atom is -0.359 e. The molecule has 2 heteroatoms. The van der Waals surface area contributed by atoms with Crippen LogP contribution in [0.2, 0.25) is 0 Å². The molecule has 0 amide bonds. The highest BCUT2D eigenvalue weighted by Gasteiger charge is 2.57. The zero-order chi connectivity index (χ0) is 13.8. The van der Waals surface area contributed by atoms with Crippen molar-refractivity contribution in [2.75, 3.05) is 0 Å². The number of ether oxygens (including phenoxy) is 1. The van der Waals surface area contributed by atoms with Gasteiger partial charge in [-0.2, -0.15) is 0 Å². The molecule has 2 nitrogen and oxygen atoms in total. The third kappa shape index (κ3) is 1.75. The summed E-state index contributed by atoms with van der Waals surface area (Å²) in [6, 6.07) is 0. The topological polar surface area (TPSA) is 26.3 Å². The van der Waals surface area contributed by atoms with Crippen LogP contribution in [0.15, 0.2) is 11.1 Å². The summed E-state index contributed by atoms with van der Waals surface area (Å²) in [7, 11) is 0. The summed E-state index contributed by atoms with van der Waals surface area (Å²) in [6.07, 6.45) is 6.18. The molecule has 1 saturated heterocycles. The van der Waals surface area contributed by atoms with Gasteiger partial charge in [-0.1, -0.05) is 33.3 Å². The van der Waals surface area contributed by atoms with E-state index in [0.29, 0.717) is 18.1 Å². The lowest BCUT2D eigenvalue weighted by molar-refractivity contribution is -0.178. The first-order valence-corrected chi connectivity index (χ1v) is 7.82. The molecule has 0 spiro atoms. The Hall–Kier alpha value is -0.630. The van der Waals surface area contributed by atoms with Crippen molar-refractivity contribution in [3.05, 3.63) is 11.1 Å². The molecule has 2 aliphatic heterocycles. The Balaban J connectivity index is 2.14. The molecule has 0 radical (unpaired) electrons. The second-order valence-corrected chi connectivity index (χ2v) is 7.53. The van der Waals surface area contributed by atoms with Crippen LogP contribution in [0.1, 0.15) is 66.2 Å². The van der Waals surface area contributed by atoms with Gasteiger partial charge in [-0.3, -0.25) is 4.79 Å². The second kappa shape index (κ2) is 4.18. The van der Waals surface area contributed by atoms with Gasteiger partial charge < -0.3 is 4.74 Å². The molecule has 1 aliphatic carbocycles. The molecule has 0 saturated carbocycles. The number of rotatable bonds is 2. The summed E-state index contributed by atoms with van der Waals surface area (Å²) in [5.74, 6) is 0.848. The van der Waals surface area contributed by atoms with Crippen LogP contribution in [0.4, 0.5) is 0 Å². The summed E-state index contributed by atoms with van der Waals surface area (Å²) in [5.41, 5.74) is 2.51. The summed E-state index contributed by atoms with van der Waals surface area (Å²) in [4.78, 5) is 12.7. The van der Waals surface area contributed by atoms with Crippen LogP contribution < -0.4 is 0 Å². The van der Waals surface area contributed by atoms with Crippen molar-refractivity contribution in [3.8, 4) is 0 Å². The van der Waals surface area contributed by atoms with Crippen LogP contribution in [0, 0.1) is 11.3 Å². The zero-order valence-corrected chi connectivity index (χ0v) is 12.7. The average molecular weight is 262 g/mol. The predicted molar refractivity (Wildman–Crippen MR) is 76.0 cm³/mol. The molecule has 3 aliphatic rings. The van der Waals surface area contributed by atoms with E-state index in [9.17, 15) is 4.79 Å². The maximum atomic E-state index is 12.7. The van der Waals surface area contributed by atoms with Crippen molar-refractivity contribution >= 4 is 5.78 Å². The van der Waals surface area contributed by atoms with E-state index >= 15 is 0 Å². The highest BCUT2D eigenvalue weighted by Crippen LogP contribution is 2.56. The number of hydrogen-bond acceptors (Lipinski definition) is 2. The highest BCUT2D eigenvalue weighted by molar-refractivity contribution is 5.92. The molecule has 1 fully saturated rings. The largest absolute Gasteiger partial charge is 0.359 e. The Morgan fingerprint density at radius 1 is 1.21 bits per heavy atom. The standard InChI is InChI=1S/C17H26O2/c1-11(2)10-17-13-7-5-6-12(13)16(3,4)15(19-17)9-8-14(17)18/h11,15H,5-10H2,1-4H3/t15-,17-/m0/s1. The fourth-order valence-electron chi connectivity index (χ4n) is 4.53. The van der Waals surface area contributed by atoms with Crippen molar-refractivity contribution in [1.82, 2.24) is 0 Å². The van der Waals surface area contributed by atoms with Crippen LogP contribution in [-0.2, 0) is 9.53 Å². The minimum atomic E-state index is -0.543. The monoisotopic (exact) mass is 262 g/mol. The maximum Gasteiger partial charge on any atom is 0.168 e. The number of carbonyl (C=O) groups is 1. The first-order chi connectivity index (χ1) is 8.88. The lowest BCUT2D eigenvalue weighted by Gasteiger charge is -2.53. The van der Waals surface area contributed by atoms with E-state index in [4.69, 9.17) is 4.74 Å². The molecule has 0 aromatic carbocycles. The Morgan fingerprint density at radius 3 is 2.58 bits per heavy atom. The van der Waals surface area contributed by atoms with E-state index in [1.165, 1.54) is 18.4 Å². The van der Waals surface area contributed by atoms with Gasteiger partial charge in [0.1, 0.15) is 5.60 Å². The molecule has 2 heterocycles. The van der Waals surface area contributed by atoms with Gasteiger partial charge in [0.15, 0.2) is 5.78 Å². The molecule has 0 aromatic heterocycles. The maximum absolute atomic E-state index is 12.7. The molecule has 3 rings (SSSR count). The van der Waals surface area contributed by atoms with Gasteiger partial charge in [0.25, 0.3) is 0 Å². The van der Waals surface area contributed by atoms with E-state index in [1.54, 1.807) is 5.57 Å². The number of Topliss-reactive ketones (excluding diaryl/α,β-unsaturated/α-hetero) is 1. The third-order valence-corrected chi connectivity index (χ3v) is 5.41. The van der Waals surface area contributed by atoms with Crippen LogP contribution in [0.25, 0.3) is 0 Å². The van der Waals surface area contributed by atoms with Gasteiger partial charge in [-0.15, -0.1) is 0 Å². The molecular weight excluding hydrogens is 236 g/mol. The molecule has 0 unspecified atom stereocenters. The van der Waals surface area contributed by atoms with E-state index in [2.05, 4.69) is 27.7 Å². The second-order valence-electron chi connectivity index (χ2n) is 7.53. The molecule has 106 valence electrons. The fraction of sp³-hybridized carbons (Fsp3) is 0.824. The normalized spacial score (nSPS) is 36.9. The van der Waals surface area contributed by atoms with Gasteiger partial charge in [0.2, 0.25) is 0 Å². The highest BCUT2D eigenvalue weighted by atomic mass is 16.5. The number of fused-ring (bicyclic) bond motifs is 3. The summed E-state index contributed by atoms with van der Waals surface area (Å²) in [5, 5.41) is 0. The van der Waals surface area contributed by atoms with E-state index in [0.717, 1.165) is 19.3 Å². The molecule has 2 bridgehead atoms. The first kappa shape index (κ1) is 13.4. The number of carbonyl (C=O) groups excluding carboxylic acids is 1. The van der Waals surface area contributed by atoms with E-state index in [-0.39, 0.29) is 11.5 Å². The number of hydrogen-bond donors (Lipinski definition) is 0.